The van der Waals surface area contributed by atoms with Crippen LogP contribution in [-0.4, -0.2) is 24.5 Å². The maximum atomic E-state index is 13.2. The van der Waals surface area contributed by atoms with E-state index in [1.807, 2.05) is 30.3 Å². The number of hydrogen-bond donors (Lipinski definition) is 2. The number of anilines is 1. The van der Waals surface area contributed by atoms with Crippen LogP contribution in [0, 0.1) is 11.8 Å². The lowest BCUT2D eigenvalue weighted by molar-refractivity contribution is -0.127. The minimum absolute atomic E-state index is 0.0728. The van der Waals surface area contributed by atoms with Crippen LogP contribution < -0.4 is 10.6 Å². The molecule has 2 aliphatic rings. The van der Waals surface area contributed by atoms with Crippen molar-refractivity contribution in [2.75, 3.05) is 12.4 Å². The third-order valence-electron chi connectivity index (χ3n) is 3.95. The van der Waals surface area contributed by atoms with Crippen LogP contribution in [0.3, 0.4) is 0 Å². The monoisotopic (exact) mass is 306 g/mol. The zero-order chi connectivity index (χ0) is 16.2. The summed E-state index contributed by atoms with van der Waals surface area (Å²) in [5.74, 6) is 0.335. The predicted octanol–water partition coefficient (Wildman–Crippen LogP) is 2.91. The molecule has 0 saturated heterocycles. The van der Waals surface area contributed by atoms with Crippen LogP contribution >= 0.6 is 0 Å². The molecule has 2 amide bonds. The average molecular weight is 306 g/mol. The number of nitrogens with one attached hydrogen (secondary N) is 2. The van der Waals surface area contributed by atoms with Crippen LogP contribution in [0.15, 0.2) is 30.3 Å². The van der Waals surface area contributed by atoms with Crippen molar-refractivity contribution in [2.45, 2.75) is 38.3 Å². The first kappa shape index (κ1) is 16.5. The van der Waals surface area contributed by atoms with E-state index in [1.165, 1.54) is 0 Å². The first-order valence-corrected chi connectivity index (χ1v) is 7.68. The minimum atomic E-state index is -1.14. The molecule has 0 radical (unpaired) electrons. The van der Waals surface area contributed by atoms with Crippen molar-refractivity contribution in [3.8, 4) is 0 Å². The van der Waals surface area contributed by atoms with Gasteiger partial charge in [0.05, 0.1) is 0 Å². The van der Waals surface area contributed by atoms with Gasteiger partial charge in [-0.05, 0) is 44.7 Å². The smallest absolute Gasteiger partial charge is 0.227 e. The van der Waals surface area contributed by atoms with Crippen molar-refractivity contribution >= 4 is 17.5 Å². The summed E-state index contributed by atoms with van der Waals surface area (Å²) in [4.78, 5) is 22.1. The maximum absolute atomic E-state index is 13.2. The van der Waals surface area contributed by atoms with Crippen LogP contribution in [0.2, 0.25) is 0 Å². The first-order chi connectivity index (χ1) is 10.4. The van der Waals surface area contributed by atoms with Gasteiger partial charge in [0.15, 0.2) is 0 Å². The number of para-hydroxylation sites is 1. The molecule has 3 rings (SSSR count). The van der Waals surface area contributed by atoms with Crippen molar-refractivity contribution < 1.29 is 14.0 Å². The van der Waals surface area contributed by atoms with Crippen molar-refractivity contribution in [3.05, 3.63) is 30.3 Å². The normalized spacial score (nSPS) is 26.0. The minimum Gasteiger partial charge on any atom is -0.359 e. The summed E-state index contributed by atoms with van der Waals surface area (Å²) in [5, 5.41) is 5.36. The second-order valence-electron chi connectivity index (χ2n) is 6.26. The standard InChI is InChI=1S/C12H14FNO.C5H9NO/c1-12(13)7-9(8-12)11(15)14-10-5-3-2-4-6-10;1-6-5(7)4-2-3-4/h2-6,9H,7-8H2,1H3,(H,14,15);4H,2-3H2,1H3,(H,6,7). The van der Waals surface area contributed by atoms with Gasteiger partial charge in [0.1, 0.15) is 5.67 Å². The van der Waals surface area contributed by atoms with E-state index < -0.39 is 5.67 Å². The highest BCUT2D eigenvalue weighted by Gasteiger charge is 2.44. The second-order valence-corrected chi connectivity index (χ2v) is 6.26. The van der Waals surface area contributed by atoms with E-state index >= 15 is 0 Å². The Hall–Kier alpha value is -1.91. The number of rotatable bonds is 3. The Kier molecular flexibility index (Phi) is 5.16. The van der Waals surface area contributed by atoms with Gasteiger partial charge in [-0.2, -0.15) is 0 Å². The van der Waals surface area contributed by atoms with Gasteiger partial charge < -0.3 is 10.6 Å². The van der Waals surface area contributed by atoms with Gasteiger partial charge in [0.25, 0.3) is 0 Å². The van der Waals surface area contributed by atoms with E-state index in [9.17, 15) is 14.0 Å². The summed E-state index contributed by atoms with van der Waals surface area (Å²) in [6.07, 6.45) is 2.87. The molecule has 1 aromatic rings. The Balaban J connectivity index is 0.000000211. The SMILES string of the molecule is CC1(F)CC(C(=O)Nc2ccccc2)C1.CNC(=O)C1CC1. The second kappa shape index (κ2) is 6.90. The van der Waals surface area contributed by atoms with E-state index in [2.05, 4.69) is 10.6 Å². The molecule has 2 saturated carbocycles. The molecule has 1 aromatic carbocycles. The van der Waals surface area contributed by atoms with Crippen molar-refractivity contribution in [3.63, 3.8) is 0 Å². The van der Waals surface area contributed by atoms with E-state index in [-0.39, 0.29) is 17.7 Å². The maximum Gasteiger partial charge on any atom is 0.227 e. The van der Waals surface area contributed by atoms with Crippen molar-refractivity contribution in [1.82, 2.24) is 5.32 Å². The number of alkyl halides is 1. The summed E-state index contributed by atoms with van der Waals surface area (Å²) in [5.41, 5.74) is -0.367. The zero-order valence-corrected chi connectivity index (χ0v) is 13.1. The van der Waals surface area contributed by atoms with Crippen LogP contribution in [0.25, 0.3) is 0 Å². The highest BCUT2D eigenvalue weighted by atomic mass is 19.1. The predicted molar refractivity (Wildman–Crippen MR) is 84.1 cm³/mol. The molecule has 4 nitrogen and oxygen atoms in total. The summed E-state index contributed by atoms with van der Waals surface area (Å²) in [7, 11) is 1.68. The molecule has 0 bridgehead atoms. The Labute approximate surface area is 130 Å². The van der Waals surface area contributed by atoms with Crippen LogP contribution in [0.4, 0.5) is 10.1 Å². The number of halogens is 1. The fourth-order valence-corrected chi connectivity index (χ4v) is 2.47. The van der Waals surface area contributed by atoms with Crippen LogP contribution in [0.5, 0.6) is 0 Å². The van der Waals surface area contributed by atoms with Crippen LogP contribution in [-0.2, 0) is 9.59 Å². The molecule has 0 unspecified atom stereocenters. The zero-order valence-electron chi connectivity index (χ0n) is 13.1. The van der Waals surface area contributed by atoms with Gasteiger partial charge in [-0.3, -0.25) is 9.59 Å². The Morgan fingerprint density at radius 2 is 1.68 bits per heavy atom. The van der Waals surface area contributed by atoms with Gasteiger partial charge in [0, 0.05) is 24.6 Å². The Bertz CT molecular complexity index is 519. The molecule has 2 fully saturated rings. The molecular formula is C17H23FN2O2. The molecule has 0 aliphatic heterocycles. The molecule has 0 spiro atoms. The lowest BCUT2D eigenvalue weighted by Gasteiger charge is -2.37. The lowest BCUT2D eigenvalue weighted by Crippen LogP contribution is -2.43. The van der Waals surface area contributed by atoms with E-state index in [0.29, 0.717) is 18.8 Å². The van der Waals surface area contributed by atoms with Gasteiger partial charge in [-0.1, -0.05) is 18.2 Å². The van der Waals surface area contributed by atoms with E-state index in [4.69, 9.17) is 0 Å². The number of carbonyl (C=O) groups excluding carboxylic acids is 2. The lowest BCUT2D eigenvalue weighted by atomic mass is 9.73. The van der Waals surface area contributed by atoms with Crippen LogP contribution in [0.1, 0.15) is 32.6 Å². The fourth-order valence-electron chi connectivity index (χ4n) is 2.47. The molecule has 0 aromatic heterocycles. The van der Waals surface area contributed by atoms with Gasteiger partial charge >= 0.3 is 0 Å². The third kappa shape index (κ3) is 4.83. The summed E-state index contributed by atoms with van der Waals surface area (Å²) >= 11 is 0. The van der Waals surface area contributed by atoms with Gasteiger partial charge in [-0.25, -0.2) is 4.39 Å². The fraction of sp³-hybridized carbons (Fsp3) is 0.529. The van der Waals surface area contributed by atoms with Gasteiger partial charge in [0.2, 0.25) is 11.8 Å². The number of benzene rings is 1. The molecule has 0 heterocycles. The highest BCUT2D eigenvalue weighted by Crippen LogP contribution is 2.41. The summed E-state index contributed by atoms with van der Waals surface area (Å²) in [6.45, 7) is 1.54. The van der Waals surface area contributed by atoms with E-state index in [1.54, 1.807) is 14.0 Å². The Morgan fingerprint density at radius 3 is 2.09 bits per heavy atom. The molecule has 2 N–H and O–H groups in total. The van der Waals surface area contributed by atoms with Crippen molar-refractivity contribution in [1.29, 1.82) is 0 Å². The molecule has 22 heavy (non-hydrogen) atoms. The quantitative estimate of drug-likeness (QED) is 0.902. The number of amides is 2. The summed E-state index contributed by atoms with van der Waals surface area (Å²) < 4.78 is 13.2. The molecule has 120 valence electrons. The average Bonchev–Trinajstić information content (AvgIpc) is 3.30. The molecule has 0 atom stereocenters. The highest BCUT2D eigenvalue weighted by molar-refractivity contribution is 5.93. The number of hydrogen-bond acceptors (Lipinski definition) is 2. The largest absolute Gasteiger partial charge is 0.359 e. The number of carbonyl (C=O) groups is 2. The van der Waals surface area contributed by atoms with Crippen molar-refractivity contribution in [2.24, 2.45) is 11.8 Å². The first-order valence-electron chi connectivity index (χ1n) is 7.68. The Morgan fingerprint density at radius 1 is 1.09 bits per heavy atom. The topological polar surface area (TPSA) is 58.2 Å². The molecular weight excluding hydrogens is 283 g/mol. The third-order valence-corrected chi connectivity index (χ3v) is 3.95. The van der Waals surface area contributed by atoms with Gasteiger partial charge in [-0.15, -0.1) is 0 Å². The molecule has 2 aliphatic carbocycles. The summed E-state index contributed by atoms with van der Waals surface area (Å²) in [6, 6.07) is 9.25. The van der Waals surface area contributed by atoms with E-state index in [0.717, 1.165) is 18.5 Å². The molecule has 5 heteroatoms.